The normalized spacial score (nSPS) is 19.7. The molecule has 0 radical (unpaired) electrons. The molecule has 6 heteroatoms. The lowest BCUT2D eigenvalue weighted by Crippen LogP contribution is -2.27. The van der Waals surface area contributed by atoms with Crippen LogP contribution < -0.4 is 5.32 Å². The Morgan fingerprint density at radius 2 is 2.07 bits per heavy atom. The zero-order chi connectivity index (χ0) is 10.6. The summed E-state index contributed by atoms with van der Waals surface area (Å²) in [6.07, 6.45) is 2.32. The molecule has 0 aromatic rings. The Hall–Kier alpha value is 0.390. The van der Waals surface area contributed by atoms with Crippen molar-refractivity contribution in [3.63, 3.8) is 0 Å². The number of halogens is 4. The summed E-state index contributed by atoms with van der Waals surface area (Å²) >= 11 is 5.96. The first-order valence-corrected chi connectivity index (χ1v) is 5.97. The van der Waals surface area contributed by atoms with Crippen LogP contribution in [-0.2, 0) is 0 Å². The zero-order valence-electron chi connectivity index (χ0n) is 7.61. The molecule has 14 heavy (non-hydrogen) atoms. The molecule has 1 atom stereocenters. The number of alkyl halides is 4. The van der Waals surface area contributed by atoms with Crippen molar-refractivity contribution in [2.24, 2.45) is 5.92 Å². The topological polar surface area (TPSA) is 12.0 Å². The molecule has 1 nitrogen and oxygen atoms in total. The molecule has 1 aliphatic carbocycles. The predicted octanol–water partition coefficient (Wildman–Crippen LogP) is 2.85. The summed E-state index contributed by atoms with van der Waals surface area (Å²) in [5.74, 6) is 0.636. The molecule has 1 saturated carbocycles. The van der Waals surface area contributed by atoms with E-state index in [0.29, 0.717) is 19.0 Å². The van der Waals surface area contributed by atoms with Crippen LogP contribution in [0.2, 0.25) is 0 Å². The number of rotatable bonds is 6. The minimum Gasteiger partial charge on any atom is -0.314 e. The summed E-state index contributed by atoms with van der Waals surface area (Å²) in [7, 11) is 0. The van der Waals surface area contributed by atoms with Gasteiger partial charge in [0.25, 0.3) is 0 Å². The molecule has 0 heterocycles. The van der Waals surface area contributed by atoms with Crippen LogP contribution in [0, 0.1) is 5.92 Å². The Labute approximate surface area is 90.8 Å². The Morgan fingerprint density at radius 3 is 2.57 bits per heavy atom. The highest BCUT2D eigenvalue weighted by molar-refractivity contribution is 8.00. The second-order valence-corrected chi connectivity index (χ2v) is 5.07. The van der Waals surface area contributed by atoms with E-state index in [0.717, 1.165) is 12.8 Å². The third-order valence-electron chi connectivity index (χ3n) is 2.02. The van der Waals surface area contributed by atoms with E-state index in [4.69, 9.17) is 11.6 Å². The van der Waals surface area contributed by atoms with Gasteiger partial charge in [-0.1, -0.05) is 0 Å². The maximum atomic E-state index is 11.7. The van der Waals surface area contributed by atoms with Crippen molar-refractivity contribution in [1.29, 1.82) is 0 Å². The van der Waals surface area contributed by atoms with E-state index in [1.807, 2.05) is 0 Å². The van der Waals surface area contributed by atoms with E-state index in [2.05, 4.69) is 5.32 Å². The highest BCUT2D eigenvalue weighted by Gasteiger charge is 2.29. The predicted molar refractivity (Wildman–Crippen MR) is 53.7 cm³/mol. The fourth-order valence-corrected chi connectivity index (χ4v) is 1.94. The third-order valence-corrected chi connectivity index (χ3v) is 3.26. The molecule has 0 amide bonds. The van der Waals surface area contributed by atoms with Crippen LogP contribution in [-0.4, -0.2) is 29.7 Å². The molecule has 0 spiro atoms. The number of thioether (sulfide) groups is 1. The number of nitrogens with one attached hydrogen (secondary N) is 1. The van der Waals surface area contributed by atoms with Crippen molar-refractivity contribution >= 4 is 23.4 Å². The Bertz CT molecular complexity index is 172. The van der Waals surface area contributed by atoms with E-state index in [-0.39, 0.29) is 22.9 Å². The highest BCUT2D eigenvalue weighted by Crippen LogP contribution is 2.35. The second-order valence-electron chi connectivity index (χ2n) is 3.35. The lowest BCUT2D eigenvalue weighted by atomic mass is 10.3. The van der Waals surface area contributed by atoms with Crippen molar-refractivity contribution in [2.75, 3.05) is 18.8 Å². The van der Waals surface area contributed by atoms with Crippen LogP contribution in [0.15, 0.2) is 0 Å². The zero-order valence-corrected chi connectivity index (χ0v) is 9.18. The van der Waals surface area contributed by atoms with Gasteiger partial charge in [0.1, 0.15) is 0 Å². The third kappa shape index (κ3) is 5.98. The van der Waals surface area contributed by atoms with Gasteiger partial charge in [-0.05, 0) is 30.5 Å². The van der Waals surface area contributed by atoms with Gasteiger partial charge in [0.15, 0.2) is 0 Å². The van der Waals surface area contributed by atoms with Crippen molar-refractivity contribution in [3.05, 3.63) is 0 Å². The average molecular weight is 248 g/mol. The van der Waals surface area contributed by atoms with Crippen LogP contribution in [0.3, 0.4) is 0 Å². The van der Waals surface area contributed by atoms with E-state index < -0.39 is 5.51 Å². The molecule has 1 fully saturated rings. The van der Waals surface area contributed by atoms with Gasteiger partial charge < -0.3 is 5.32 Å². The van der Waals surface area contributed by atoms with Crippen LogP contribution in [0.5, 0.6) is 0 Å². The van der Waals surface area contributed by atoms with Gasteiger partial charge in [0, 0.05) is 24.2 Å². The van der Waals surface area contributed by atoms with Crippen LogP contribution >= 0.6 is 23.4 Å². The molecule has 0 aromatic heterocycles. The van der Waals surface area contributed by atoms with E-state index in [9.17, 15) is 13.2 Å². The van der Waals surface area contributed by atoms with Gasteiger partial charge in [-0.25, -0.2) is 0 Å². The van der Waals surface area contributed by atoms with Crippen LogP contribution in [0.25, 0.3) is 0 Å². The minimum atomic E-state index is -4.11. The molecule has 0 aromatic carbocycles. The minimum absolute atomic E-state index is 0.00367. The van der Waals surface area contributed by atoms with E-state index in [1.165, 1.54) is 0 Å². The standard InChI is InChI=1S/C8H13ClF3NS/c9-7(6-1-2-6)5-13-3-4-14-8(10,11)12/h6-7,13H,1-5H2. The molecule has 1 N–H and O–H groups in total. The van der Waals surface area contributed by atoms with Gasteiger partial charge in [0.05, 0.1) is 0 Å². The van der Waals surface area contributed by atoms with Crippen molar-refractivity contribution in [2.45, 2.75) is 23.7 Å². The van der Waals surface area contributed by atoms with Crippen molar-refractivity contribution < 1.29 is 13.2 Å². The first kappa shape index (κ1) is 12.5. The molecule has 0 aliphatic heterocycles. The Balaban J connectivity index is 1.88. The summed E-state index contributed by atoms with van der Waals surface area (Å²) in [6, 6.07) is 0. The highest BCUT2D eigenvalue weighted by atomic mass is 35.5. The van der Waals surface area contributed by atoms with Gasteiger partial charge in [-0.15, -0.1) is 11.6 Å². The molecule has 1 unspecified atom stereocenters. The summed E-state index contributed by atoms with van der Waals surface area (Å²) in [5.41, 5.74) is -4.11. The molecule has 84 valence electrons. The summed E-state index contributed by atoms with van der Waals surface area (Å²) < 4.78 is 35.1. The lowest BCUT2D eigenvalue weighted by Gasteiger charge is -2.09. The van der Waals surface area contributed by atoms with E-state index >= 15 is 0 Å². The first-order chi connectivity index (χ1) is 6.49. The van der Waals surface area contributed by atoms with Gasteiger partial charge in [-0.3, -0.25) is 0 Å². The number of hydrogen-bond donors (Lipinski definition) is 1. The molecular weight excluding hydrogens is 235 g/mol. The first-order valence-electron chi connectivity index (χ1n) is 4.54. The van der Waals surface area contributed by atoms with Crippen LogP contribution in [0.1, 0.15) is 12.8 Å². The lowest BCUT2D eigenvalue weighted by molar-refractivity contribution is -0.0327. The molecule has 0 bridgehead atoms. The monoisotopic (exact) mass is 247 g/mol. The molecular formula is C8H13ClF3NS. The Morgan fingerprint density at radius 1 is 1.43 bits per heavy atom. The summed E-state index contributed by atoms with van der Waals surface area (Å²) in [6.45, 7) is 0.977. The molecule has 0 saturated heterocycles. The van der Waals surface area contributed by atoms with Gasteiger partial charge in [-0.2, -0.15) is 13.2 Å². The van der Waals surface area contributed by atoms with Crippen molar-refractivity contribution in [3.8, 4) is 0 Å². The summed E-state index contributed by atoms with van der Waals surface area (Å²) in [4.78, 5) is 0. The molecule has 1 rings (SSSR count). The largest absolute Gasteiger partial charge is 0.441 e. The van der Waals surface area contributed by atoms with Gasteiger partial charge in [0.2, 0.25) is 0 Å². The summed E-state index contributed by atoms with van der Waals surface area (Å²) in [5, 5.41) is 3.02. The van der Waals surface area contributed by atoms with Crippen molar-refractivity contribution in [1.82, 2.24) is 5.32 Å². The van der Waals surface area contributed by atoms with E-state index in [1.54, 1.807) is 0 Å². The fourth-order valence-electron chi connectivity index (χ4n) is 1.10. The maximum Gasteiger partial charge on any atom is 0.441 e. The van der Waals surface area contributed by atoms with Crippen LogP contribution in [0.4, 0.5) is 13.2 Å². The fraction of sp³-hybridized carbons (Fsp3) is 1.00. The Kier molecular flexibility index (Phi) is 4.87. The molecule has 1 aliphatic rings. The quantitative estimate of drug-likeness (QED) is 0.572. The number of hydrogen-bond acceptors (Lipinski definition) is 2. The van der Waals surface area contributed by atoms with Gasteiger partial charge >= 0.3 is 5.51 Å². The second kappa shape index (κ2) is 5.47. The smallest absolute Gasteiger partial charge is 0.314 e. The average Bonchev–Trinajstić information content (AvgIpc) is 2.83. The SMILES string of the molecule is FC(F)(F)SCCNCC(Cl)C1CC1. The maximum absolute atomic E-state index is 11.7.